The third-order valence-electron chi connectivity index (χ3n) is 3.37. The van der Waals surface area contributed by atoms with Crippen LogP contribution in [0.15, 0.2) is 0 Å². The quantitative estimate of drug-likeness (QED) is 0.225. The highest BCUT2D eigenvalue weighted by Gasteiger charge is 2.49. The largest absolute Gasteiger partial charge is 0.394 e. The monoisotopic (exact) mass is 312 g/mol. The van der Waals surface area contributed by atoms with Crippen LogP contribution in [0.2, 0.25) is 0 Å². The van der Waals surface area contributed by atoms with Gasteiger partial charge in [0.1, 0.15) is 48.8 Å². The molecule has 2 unspecified atom stereocenters. The first-order valence-electron chi connectivity index (χ1n) is 6.25. The summed E-state index contributed by atoms with van der Waals surface area (Å²) >= 11 is 0. The van der Waals surface area contributed by atoms with Gasteiger partial charge in [0.05, 0.1) is 13.2 Å². The Morgan fingerprint density at radius 1 is 1.00 bits per heavy atom. The maximum atomic E-state index is 11.9. The number of aliphatic hydroxyl groups is 8. The Hall–Kier alpha value is -0.690. The van der Waals surface area contributed by atoms with Crippen molar-refractivity contribution in [2.75, 3.05) is 13.2 Å². The number of carbonyl (C=O) groups is 1. The number of ether oxygens (including phenoxy) is 1. The fourth-order valence-electron chi connectivity index (χ4n) is 1.99. The van der Waals surface area contributed by atoms with E-state index in [1.165, 1.54) is 0 Å². The van der Waals surface area contributed by atoms with Crippen molar-refractivity contribution in [1.29, 1.82) is 0 Å². The molecule has 0 radical (unpaired) electrons. The zero-order valence-electron chi connectivity index (χ0n) is 10.9. The summed E-state index contributed by atoms with van der Waals surface area (Å²) in [4.78, 5) is 11.9. The minimum Gasteiger partial charge on any atom is -0.394 e. The van der Waals surface area contributed by atoms with Gasteiger partial charge in [0.25, 0.3) is 0 Å². The topological polar surface area (TPSA) is 188 Å². The zero-order chi connectivity index (χ0) is 16.3. The van der Waals surface area contributed by atoms with Gasteiger partial charge in [-0.1, -0.05) is 0 Å². The summed E-state index contributed by atoms with van der Waals surface area (Å²) in [5.41, 5.74) is 0. The molecule has 1 saturated heterocycles. The standard InChI is InChI=1S/C11H20O10/c12-1-3(14)5(15)7(17)8(18)10(20)11-9(19)6(16)4(2-13)21-11/h3-9,11-19H,1-2H2/t3-,4?,5-,6-,7+,8-,9-,11?/m1/s1. The molecule has 8 atom stereocenters. The molecule has 0 saturated carbocycles. The van der Waals surface area contributed by atoms with Crippen molar-refractivity contribution in [3.8, 4) is 0 Å². The van der Waals surface area contributed by atoms with E-state index in [1.54, 1.807) is 0 Å². The van der Waals surface area contributed by atoms with Crippen LogP contribution in [0, 0.1) is 0 Å². The summed E-state index contributed by atoms with van der Waals surface area (Å²) in [6.45, 7) is -1.58. The molecule has 0 aromatic carbocycles. The molecular weight excluding hydrogens is 292 g/mol. The Morgan fingerprint density at radius 3 is 2.00 bits per heavy atom. The van der Waals surface area contributed by atoms with E-state index in [-0.39, 0.29) is 0 Å². The van der Waals surface area contributed by atoms with Gasteiger partial charge < -0.3 is 45.6 Å². The fourth-order valence-corrected chi connectivity index (χ4v) is 1.99. The number of ketones is 1. The van der Waals surface area contributed by atoms with Gasteiger partial charge >= 0.3 is 0 Å². The second kappa shape index (κ2) is 7.54. The Kier molecular flexibility index (Phi) is 6.59. The maximum absolute atomic E-state index is 11.9. The molecule has 1 aliphatic rings. The first-order valence-corrected chi connectivity index (χ1v) is 6.25. The van der Waals surface area contributed by atoms with E-state index in [1.807, 2.05) is 0 Å². The molecule has 0 amide bonds. The van der Waals surface area contributed by atoms with Crippen LogP contribution in [0.1, 0.15) is 0 Å². The molecule has 0 bridgehead atoms. The number of rotatable bonds is 7. The molecule has 8 N–H and O–H groups in total. The lowest BCUT2D eigenvalue weighted by atomic mass is 9.95. The SMILES string of the molecule is O=C(C1OC(CO)[C@@H](O)[C@H]1O)[C@H](O)[C@@H](O)[C@H](O)[C@H](O)CO. The molecule has 1 heterocycles. The van der Waals surface area contributed by atoms with Crippen molar-refractivity contribution in [2.24, 2.45) is 0 Å². The minimum absolute atomic E-state index is 0.674. The van der Waals surface area contributed by atoms with Crippen LogP contribution in [-0.4, -0.2) is 109 Å². The second-order valence-corrected chi connectivity index (χ2v) is 4.84. The van der Waals surface area contributed by atoms with E-state index < -0.39 is 67.8 Å². The average molecular weight is 312 g/mol. The molecule has 1 aliphatic heterocycles. The van der Waals surface area contributed by atoms with E-state index in [0.717, 1.165) is 0 Å². The summed E-state index contributed by atoms with van der Waals surface area (Å²) in [7, 11) is 0. The minimum atomic E-state index is -2.23. The van der Waals surface area contributed by atoms with Crippen molar-refractivity contribution >= 4 is 5.78 Å². The van der Waals surface area contributed by atoms with Gasteiger partial charge in [-0.3, -0.25) is 4.79 Å². The number of hydrogen-bond acceptors (Lipinski definition) is 10. The highest BCUT2D eigenvalue weighted by molar-refractivity contribution is 5.88. The third kappa shape index (κ3) is 3.74. The van der Waals surface area contributed by atoms with E-state index in [4.69, 9.17) is 20.1 Å². The van der Waals surface area contributed by atoms with Crippen molar-refractivity contribution in [1.82, 2.24) is 0 Å². The van der Waals surface area contributed by atoms with E-state index in [0.29, 0.717) is 0 Å². The average Bonchev–Trinajstić information content (AvgIpc) is 2.78. The molecule has 1 fully saturated rings. The predicted octanol–water partition coefficient (Wildman–Crippen LogP) is -5.53. The molecule has 10 nitrogen and oxygen atoms in total. The normalized spacial score (nSPS) is 35.2. The number of aliphatic hydroxyl groups excluding tert-OH is 8. The number of Topliss-reactive ketones (excluding diaryl/α,β-unsaturated/α-hetero) is 1. The predicted molar refractivity (Wildman–Crippen MR) is 63.9 cm³/mol. The number of carbonyl (C=O) groups excluding carboxylic acids is 1. The van der Waals surface area contributed by atoms with Gasteiger partial charge in [0.2, 0.25) is 0 Å². The lowest BCUT2D eigenvalue weighted by Crippen LogP contribution is -2.52. The van der Waals surface area contributed by atoms with E-state index in [2.05, 4.69) is 0 Å². The highest BCUT2D eigenvalue weighted by Crippen LogP contribution is 2.23. The van der Waals surface area contributed by atoms with E-state index >= 15 is 0 Å². The van der Waals surface area contributed by atoms with Crippen LogP contribution in [0.4, 0.5) is 0 Å². The van der Waals surface area contributed by atoms with Gasteiger partial charge in [-0.25, -0.2) is 0 Å². The number of hydrogen-bond donors (Lipinski definition) is 8. The van der Waals surface area contributed by atoms with Gasteiger partial charge in [-0.15, -0.1) is 0 Å². The lowest BCUT2D eigenvalue weighted by molar-refractivity contribution is -0.159. The molecule has 0 aliphatic carbocycles. The summed E-state index contributed by atoms with van der Waals surface area (Å²) in [5.74, 6) is -1.24. The lowest BCUT2D eigenvalue weighted by Gasteiger charge is -2.26. The molecule has 124 valence electrons. The summed E-state index contributed by atoms with van der Waals surface area (Å²) < 4.78 is 4.87. The Morgan fingerprint density at radius 2 is 1.57 bits per heavy atom. The Labute approximate surface area is 119 Å². The highest BCUT2D eigenvalue weighted by atomic mass is 16.6. The summed E-state index contributed by atoms with van der Waals surface area (Å²) in [6.07, 6.45) is -14.4. The molecule has 0 aromatic rings. The summed E-state index contributed by atoms with van der Waals surface area (Å²) in [5, 5.41) is 74.3. The fraction of sp³-hybridized carbons (Fsp3) is 0.909. The first kappa shape index (κ1) is 18.4. The molecule has 1 rings (SSSR count). The summed E-state index contributed by atoms with van der Waals surface area (Å²) in [6, 6.07) is 0. The smallest absolute Gasteiger partial charge is 0.195 e. The Balaban J connectivity index is 2.74. The van der Waals surface area contributed by atoms with Crippen LogP contribution < -0.4 is 0 Å². The van der Waals surface area contributed by atoms with Crippen LogP contribution in [0.5, 0.6) is 0 Å². The van der Waals surface area contributed by atoms with Gasteiger partial charge in [0.15, 0.2) is 5.78 Å². The molecule has 10 heteroatoms. The molecule has 0 spiro atoms. The second-order valence-electron chi connectivity index (χ2n) is 4.84. The third-order valence-corrected chi connectivity index (χ3v) is 3.37. The van der Waals surface area contributed by atoms with Crippen LogP contribution in [0.3, 0.4) is 0 Å². The first-order chi connectivity index (χ1) is 9.76. The van der Waals surface area contributed by atoms with Crippen LogP contribution >= 0.6 is 0 Å². The van der Waals surface area contributed by atoms with Crippen LogP contribution in [-0.2, 0) is 9.53 Å². The Bertz CT molecular complexity index is 350. The van der Waals surface area contributed by atoms with Gasteiger partial charge in [0, 0.05) is 0 Å². The molecule has 0 aromatic heterocycles. The van der Waals surface area contributed by atoms with Crippen molar-refractivity contribution in [2.45, 2.75) is 48.8 Å². The van der Waals surface area contributed by atoms with Crippen LogP contribution in [0.25, 0.3) is 0 Å². The maximum Gasteiger partial charge on any atom is 0.195 e. The van der Waals surface area contributed by atoms with Crippen molar-refractivity contribution in [3.05, 3.63) is 0 Å². The molecular formula is C11H20O10. The van der Waals surface area contributed by atoms with E-state index in [9.17, 15) is 30.3 Å². The molecule has 21 heavy (non-hydrogen) atoms. The van der Waals surface area contributed by atoms with Gasteiger partial charge in [-0.05, 0) is 0 Å². The van der Waals surface area contributed by atoms with Crippen molar-refractivity contribution in [3.63, 3.8) is 0 Å². The van der Waals surface area contributed by atoms with Crippen molar-refractivity contribution < 1.29 is 50.4 Å². The van der Waals surface area contributed by atoms with Gasteiger partial charge in [-0.2, -0.15) is 0 Å². The zero-order valence-corrected chi connectivity index (χ0v) is 10.9.